The summed E-state index contributed by atoms with van der Waals surface area (Å²) in [6, 6.07) is 6.14. The Hall–Kier alpha value is -0.756. The van der Waals surface area contributed by atoms with Crippen LogP contribution in [0.2, 0.25) is 0 Å². The van der Waals surface area contributed by atoms with Crippen LogP contribution < -0.4 is 4.90 Å². The largest absolute Gasteiger partial charge is 0.314 e. The molecule has 1 unspecified atom stereocenters. The van der Waals surface area contributed by atoms with Gasteiger partial charge in [-0.3, -0.25) is 4.79 Å². The number of anilines is 1. The summed E-state index contributed by atoms with van der Waals surface area (Å²) < 4.78 is 0.976. The first-order valence-corrected chi connectivity index (χ1v) is 9.71. The molecule has 1 aromatic rings. The normalized spacial score (nSPS) is 22.5. The maximum Gasteiger partial charge on any atom is 0.285 e. The Kier molecular flexibility index (Phi) is 7.42. The molecule has 4 nitrogen and oxygen atoms in total. The van der Waals surface area contributed by atoms with Crippen molar-refractivity contribution < 1.29 is 42.0 Å². The zero-order valence-corrected chi connectivity index (χ0v) is 19.3. The van der Waals surface area contributed by atoms with E-state index in [9.17, 15) is 10.1 Å². The van der Waals surface area contributed by atoms with Crippen LogP contribution >= 0.6 is 0 Å². The minimum absolute atomic E-state index is 0. The molecule has 137 valence electrons. The summed E-state index contributed by atoms with van der Waals surface area (Å²) in [5.41, 5.74) is 3.77. The van der Waals surface area contributed by atoms with Gasteiger partial charge in [0.15, 0.2) is 6.04 Å². The van der Waals surface area contributed by atoms with Crippen molar-refractivity contribution in [2.24, 2.45) is 0 Å². The third-order valence-electron chi connectivity index (χ3n) is 6.30. The van der Waals surface area contributed by atoms with Crippen molar-refractivity contribution in [1.82, 2.24) is 0 Å². The molecular weight excluding hydrogens is 399 g/mol. The molecule has 0 aromatic heterocycles. The molecule has 5 heteroatoms. The fourth-order valence-corrected chi connectivity index (χ4v) is 5.02. The van der Waals surface area contributed by atoms with E-state index in [1.165, 1.54) is 19.3 Å². The molecule has 2 aliphatic rings. The fourth-order valence-electron chi connectivity index (χ4n) is 5.02. The third-order valence-corrected chi connectivity index (χ3v) is 6.30. The Morgan fingerprint density at radius 2 is 1.77 bits per heavy atom. The van der Waals surface area contributed by atoms with E-state index in [-0.39, 0.29) is 38.8 Å². The summed E-state index contributed by atoms with van der Waals surface area (Å²) in [6.45, 7) is 10.4. The Morgan fingerprint density at radius 3 is 2.31 bits per heavy atom. The Balaban J connectivity index is 0.00000243. The first-order valence-electron chi connectivity index (χ1n) is 9.71. The van der Waals surface area contributed by atoms with E-state index in [2.05, 4.69) is 13.0 Å². The molecular formula is C21H30N3OY+. The summed E-state index contributed by atoms with van der Waals surface area (Å²) in [5.74, 6) is 0.297. The van der Waals surface area contributed by atoms with Crippen LogP contribution in [0.1, 0.15) is 55.7 Å². The van der Waals surface area contributed by atoms with Crippen molar-refractivity contribution in [1.29, 1.82) is 5.26 Å². The van der Waals surface area contributed by atoms with Crippen LogP contribution in [-0.2, 0) is 37.5 Å². The second kappa shape index (κ2) is 8.96. The van der Waals surface area contributed by atoms with Crippen LogP contribution in [0.3, 0.4) is 0 Å². The number of carbonyl (C=O) groups is 1. The van der Waals surface area contributed by atoms with Crippen molar-refractivity contribution in [3.8, 4) is 6.07 Å². The Labute approximate surface area is 183 Å². The van der Waals surface area contributed by atoms with E-state index < -0.39 is 0 Å². The van der Waals surface area contributed by atoms with Crippen molar-refractivity contribution in [2.45, 2.75) is 58.9 Å². The maximum atomic E-state index is 13.5. The minimum atomic E-state index is 0. The number of aryl methyl sites for hydroxylation is 2. The van der Waals surface area contributed by atoms with Crippen LogP contribution in [0.5, 0.6) is 0 Å². The van der Waals surface area contributed by atoms with Gasteiger partial charge >= 0.3 is 0 Å². The molecule has 26 heavy (non-hydrogen) atoms. The van der Waals surface area contributed by atoms with Gasteiger partial charge in [-0.05, 0) is 69.7 Å². The number of likely N-dealkylation sites (N-methyl/N-ethyl adjacent to an activating group) is 1. The van der Waals surface area contributed by atoms with Crippen LogP contribution in [0.4, 0.5) is 5.69 Å². The average molecular weight is 429 g/mol. The summed E-state index contributed by atoms with van der Waals surface area (Å²) in [7, 11) is 0. The van der Waals surface area contributed by atoms with Gasteiger partial charge < -0.3 is 9.38 Å². The first-order chi connectivity index (χ1) is 12.0. The second-order valence-electron chi connectivity index (χ2n) is 7.76. The standard InChI is InChI=1S/C21H30N3O.Y/c1-4-24(11-6-5-7-12-24)19-9-8-10-23(21(19)25)20-16(2)13-18(15-22)14-17(20)3;/h13-14,19H,4-12H2,1-3H3;/q+1;. The molecule has 0 N–H and O–H groups in total. The predicted molar refractivity (Wildman–Crippen MR) is 100 cm³/mol. The van der Waals surface area contributed by atoms with Crippen LogP contribution in [0.25, 0.3) is 0 Å². The van der Waals surface area contributed by atoms with Crippen molar-refractivity contribution in [2.75, 3.05) is 31.1 Å². The smallest absolute Gasteiger partial charge is 0.285 e. The molecule has 3 rings (SSSR count). The molecule has 0 saturated carbocycles. The molecule has 0 spiro atoms. The van der Waals surface area contributed by atoms with Gasteiger partial charge in [0.1, 0.15) is 0 Å². The average Bonchev–Trinajstić information content (AvgIpc) is 2.63. The van der Waals surface area contributed by atoms with Crippen LogP contribution in [-0.4, -0.2) is 42.6 Å². The van der Waals surface area contributed by atoms with E-state index in [1.54, 1.807) is 0 Å². The van der Waals surface area contributed by atoms with Crippen LogP contribution in [0, 0.1) is 25.2 Å². The van der Waals surface area contributed by atoms with Gasteiger partial charge in [-0.2, -0.15) is 5.26 Å². The summed E-state index contributed by atoms with van der Waals surface area (Å²) in [5, 5.41) is 9.18. The molecule has 1 amide bonds. The topological polar surface area (TPSA) is 44.1 Å². The molecule has 0 bridgehead atoms. The Morgan fingerprint density at radius 1 is 1.15 bits per heavy atom. The molecule has 1 radical (unpaired) electrons. The number of hydrogen-bond acceptors (Lipinski definition) is 2. The molecule has 1 atom stereocenters. The number of nitrogens with zero attached hydrogens (tertiary/aromatic N) is 3. The van der Waals surface area contributed by atoms with Gasteiger partial charge in [0.05, 0.1) is 31.3 Å². The van der Waals surface area contributed by atoms with Crippen LogP contribution in [0.15, 0.2) is 12.1 Å². The first kappa shape index (κ1) is 21.5. The molecule has 2 aliphatic heterocycles. The van der Waals surface area contributed by atoms with E-state index in [1.807, 2.05) is 30.9 Å². The number of carbonyl (C=O) groups excluding carboxylic acids is 1. The molecule has 0 aliphatic carbocycles. The number of likely N-dealkylation sites (tertiary alicyclic amines) is 1. The van der Waals surface area contributed by atoms with Gasteiger partial charge in [-0.1, -0.05) is 0 Å². The van der Waals surface area contributed by atoms with Gasteiger partial charge in [0, 0.05) is 51.4 Å². The minimum Gasteiger partial charge on any atom is -0.314 e. The summed E-state index contributed by atoms with van der Waals surface area (Å²) in [4.78, 5) is 15.5. The monoisotopic (exact) mass is 429 g/mol. The molecule has 2 saturated heterocycles. The van der Waals surface area contributed by atoms with Gasteiger partial charge in [0.25, 0.3) is 5.91 Å². The summed E-state index contributed by atoms with van der Waals surface area (Å²) >= 11 is 0. The molecule has 2 fully saturated rings. The zero-order chi connectivity index (χ0) is 18.0. The number of rotatable bonds is 3. The molecule has 1 aromatic carbocycles. The number of benzene rings is 1. The Bertz CT molecular complexity index is 681. The van der Waals surface area contributed by atoms with Gasteiger partial charge in [-0.15, -0.1) is 0 Å². The van der Waals surface area contributed by atoms with E-state index >= 15 is 0 Å². The number of hydrogen-bond donors (Lipinski definition) is 0. The third kappa shape index (κ3) is 3.91. The number of quaternary nitrogens is 1. The van der Waals surface area contributed by atoms with E-state index in [4.69, 9.17) is 0 Å². The number of piperidine rings is 2. The quantitative estimate of drug-likeness (QED) is 0.688. The fraction of sp³-hybridized carbons (Fsp3) is 0.619. The predicted octanol–water partition coefficient (Wildman–Crippen LogP) is 3.69. The maximum absolute atomic E-state index is 13.5. The van der Waals surface area contributed by atoms with Gasteiger partial charge in [0.2, 0.25) is 0 Å². The SMILES string of the molecule is CC[N+]1(C2CCCN(c3c(C)cc(C#N)cc3C)C2=O)CCCCC1.[Y]. The summed E-state index contributed by atoms with van der Waals surface area (Å²) in [6.07, 6.45) is 5.87. The van der Waals surface area contributed by atoms with Crippen molar-refractivity contribution >= 4 is 11.6 Å². The second-order valence-corrected chi connectivity index (χ2v) is 7.76. The zero-order valence-electron chi connectivity index (χ0n) is 16.4. The van der Waals surface area contributed by atoms with E-state index in [0.29, 0.717) is 11.5 Å². The van der Waals surface area contributed by atoms with Gasteiger partial charge in [-0.25, -0.2) is 0 Å². The van der Waals surface area contributed by atoms with Crippen molar-refractivity contribution in [3.05, 3.63) is 28.8 Å². The van der Waals surface area contributed by atoms with Crippen molar-refractivity contribution in [3.63, 3.8) is 0 Å². The van der Waals surface area contributed by atoms with E-state index in [0.717, 1.165) is 60.3 Å². The number of amides is 1. The molecule has 2 heterocycles. The number of nitriles is 1.